The molecule has 0 fully saturated rings. The first-order valence-electron chi connectivity index (χ1n) is 4.17. The fourth-order valence-electron chi connectivity index (χ4n) is 0.878. The molecule has 0 spiro atoms. The summed E-state index contributed by atoms with van der Waals surface area (Å²) in [5, 5.41) is 0. The summed E-state index contributed by atoms with van der Waals surface area (Å²) in [5.74, 6) is 0. The van der Waals surface area contributed by atoms with Gasteiger partial charge in [-0.2, -0.15) is 0 Å². The van der Waals surface area contributed by atoms with Crippen LogP contribution in [0.3, 0.4) is 0 Å². The highest BCUT2D eigenvalue weighted by molar-refractivity contribution is 7.30. The van der Waals surface area contributed by atoms with Gasteiger partial charge in [-0.25, -0.2) is 0 Å². The molecule has 0 radical (unpaired) electrons. The van der Waals surface area contributed by atoms with Crippen molar-refractivity contribution in [3.63, 3.8) is 0 Å². The summed E-state index contributed by atoms with van der Waals surface area (Å²) in [6.45, 7) is 2.95. The van der Waals surface area contributed by atoms with E-state index >= 15 is 0 Å². The molecular formula is C7H16Cl2OSi. The first kappa shape index (κ1) is 11.8. The van der Waals surface area contributed by atoms with Gasteiger partial charge in [-0.15, -0.1) is 22.2 Å². The van der Waals surface area contributed by atoms with Crippen molar-refractivity contribution in [2.45, 2.75) is 39.0 Å². The third-order valence-electron chi connectivity index (χ3n) is 1.49. The van der Waals surface area contributed by atoms with Gasteiger partial charge in [0.25, 0.3) is 0 Å². The summed E-state index contributed by atoms with van der Waals surface area (Å²) in [6, 6.07) is 0. The molecule has 0 amide bonds. The lowest BCUT2D eigenvalue weighted by Gasteiger charge is -2.02. The van der Waals surface area contributed by atoms with Crippen LogP contribution in [-0.2, 0) is 4.43 Å². The zero-order valence-corrected chi connectivity index (χ0v) is 9.65. The molecule has 4 heteroatoms. The molecule has 0 rings (SSSR count). The summed E-state index contributed by atoms with van der Waals surface area (Å²) >= 11 is 11.0. The molecule has 11 heavy (non-hydrogen) atoms. The Bertz CT molecular complexity index is 80.8. The lowest BCUT2D eigenvalue weighted by atomic mass is 10.2. The van der Waals surface area contributed by atoms with Crippen molar-refractivity contribution < 1.29 is 4.43 Å². The number of hydrogen-bond acceptors (Lipinski definition) is 1. The molecule has 0 aliphatic heterocycles. The molecule has 0 aromatic rings. The van der Waals surface area contributed by atoms with Crippen LogP contribution in [-0.4, -0.2) is 14.3 Å². The Morgan fingerprint density at radius 3 is 2.27 bits per heavy atom. The minimum atomic E-state index is -1.78. The average molecular weight is 215 g/mol. The highest BCUT2D eigenvalue weighted by Crippen LogP contribution is 2.04. The second kappa shape index (κ2) is 8.85. The molecule has 0 aliphatic rings. The van der Waals surface area contributed by atoms with Gasteiger partial charge in [0.05, 0.1) is 0 Å². The van der Waals surface area contributed by atoms with Crippen LogP contribution in [0.1, 0.15) is 39.0 Å². The SMILES string of the molecule is CCCCCCCO[SiH](Cl)Cl. The van der Waals surface area contributed by atoms with Crippen LogP contribution in [0.25, 0.3) is 0 Å². The van der Waals surface area contributed by atoms with E-state index in [1.807, 2.05) is 0 Å². The second-order valence-electron chi connectivity index (χ2n) is 2.55. The van der Waals surface area contributed by atoms with E-state index in [4.69, 9.17) is 26.6 Å². The molecule has 0 saturated carbocycles. The van der Waals surface area contributed by atoms with Crippen LogP contribution < -0.4 is 0 Å². The van der Waals surface area contributed by atoms with Crippen LogP contribution in [0.4, 0.5) is 0 Å². The fraction of sp³-hybridized carbons (Fsp3) is 1.00. The quantitative estimate of drug-likeness (QED) is 0.360. The van der Waals surface area contributed by atoms with Crippen LogP contribution in [0.2, 0.25) is 0 Å². The average Bonchev–Trinajstić information content (AvgIpc) is 1.96. The third-order valence-corrected chi connectivity index (χ3v) is 2.74. The Kier molecular flexibility index (Phi) is 9.46. The van der Waals surface area contributed by atoms with Gasteiger partial charge < -0.3 is 4.43 Å². The predicted octanol–water partition coefficient (Wildman–Crippen LogP) is 3.17. The van der Waals surface area contributed by atoms with Gasteiger partial charge in [-0.1, -0.05) is 32.6 Å². The van der Waals surface area contributed by atoms with Gasteiger partial charge >= 0.3 is 7.66 Å². The zero-order chi connectivity index (χ0) is 8.53. The molecule has 0 heterocycles. The zero-order valence-electron chi connectivity index (χ0n) is 6.98. The van der Waals surface area contributed by atoms with E-state index in [0.717, 1.165) is 13.0 Å². The highest BCUT2D eigenvalue weighted by Gasteiger charge is 1.99. The monoisotopic (exact) mass is 214 g/mol. The number of hydrogen-bond donors (Lipinski definition) is 0. The van der Waals surface area contributed by atoms with Gasteiger partial charge in [-0.3, -0.25) is 0 Å². The van der Waals surface area contributed by atoms with Gasteiger partial charge in [0.2, 0.25) is 0 Å². The van der Waals surface area contributed by atoms with E-state index < -0.39 is 7.66 Å². The Morgan fingerprint density at radius 1 is 1.09 bits per heavy atom. The van der Waals surface area contributed by atoms with E-state index in [0.29, 0.717) is 0 Å². The topological polar surface area (TPSA) is 9.23 Å². The van der Waals surface area contributed by atoms with Crippen LogP contribution in [0.15, 0.2) is 0 Å². The summed E-state index contributed by atoms with van der Waals surface area (Å²) in [4.78, 5) is 0. The minimum absolute atomic E-state index is 0.744. The maximum Gasteiger partial charge on any atom is 0.373 e. The molecule has 0 atom stereocenters. The van der Waals surface area contributed by atoms with E-state index in [-0.39, 0.29) is 0 Å². The lowest BCUT2D eigenvalue weighted by molar-refractivity contribution is 0.325. The summed E-state index contributed by atoms with van der Waals surface area (Å²) in [6.07, 6.45) is 6.24. The van der Waals surface area contributed by atoms with Crippen LogP contribution >= 0.6 is 22.2 Å². The molecule has 0 aliphatic carbocycles. The minimum Gasteiger partial charge on any atom is -0.395 e. The van der Waals surface area contributed by atoms with Gasteiger partial charge in [0.1, 0.15) is 0 Å². The largest absolute Gasteiger partial charge is 0.395 e. The van der Waals surface area contributed by atoms with E-state index in [2.05, 4.69) is 6.92 Å². The molecule has 0 bridgehead atoms. The third kappa shape index (κ3) is 10.8. The first-order valence-corrected chi connectivity index (χ1v) is 8.13. The lowest BCUT2D eigenvalue weighted by Crippen LogP contribution is -2.03. The van der Waals surface area contributed by atoms with Crippen molar-refractivity contribution in [2.75, 3.05) is 6.61 Å². The van der Waals surface area contributed by atoms with Crippen molar-refractivity contribution in [3.05, 3.63) is 0 Å². The molecular weight excluding hydrogens is 199 g/mol. The van der Waals surface area contributed by atoms with E-state index in [1.54, 1.807) is 0 Å². The Balaban J connectivity index is 2.80. The van der Waals surface area contributed by atoms with Gasteiger partial charge in [0, 0.05) is 6.61 Å². The van der Waals surface area contributed by atoms with Crippen molar-refractivity contribution in [2.24, 2.45) is 0 Å². The van der Waals surface area contributed by atoms with Crippen molar-refractivity contribution in [1.82, 2.24) is 0 Å². The molecule has 68 valence electrons. The van der Waals surface area contributed by atoms with Crippen molar-refractivity contribution >= 4 is 29.8 Å². The molecule has 0 aromatic heterocycles. The molecule has 1 nitrogen and oxygen atoms in total. The summed E-state index contributed by atoms with van der Waals surface area (Å²) in [7, 11) is -1.78. The maximum atomic E-state index is 5.50. The van der Waals surface area contributed by atoms with E-state index in [9.17, 15) is 0 Å². The number of unbranched alkanes of at least 4 members (excludes halogenated alkanes) is 4. The number of rotatable bonds is 7. The molecule has 0 unspecified atom stereocenters. The normalized spacial score (nSPS) is 10.9. The summed E-state index contributed by atoms with van der Waals surface area (Å²) in [5.41, 5.74) is 0. The van der Waals surface area contributed by atoms with Crippen LogP contribution in [0.5, 0.6) is 0 Å². The second-order valence-corrected chi connectivity index (χ2v) is 6.45. The van der Waals surface area contributed by atoms with E-state index in [1.165, 1.54) is 25.7 Å². The smallest absolute Gasteiger partial charge is 0.373 e. The van der Waals surface area contributed by atoms with Crippen molar-refractivity contribution in [1.29, 1.82) is 0 Å². The molecule has 0 aromatic carbocycles. The fourth-order valence-corrected chi connectivity index (χ4v) is 1.76. The molecule has 0 N–H and O–H groups in total. The first-order chi connectivity index (χ1) is 5.27. The maximum absolute atomic E-state index is 5.50. The predicted molar refractivity (Wildman–Crippen MR) is 53.6 cm³/mol. The van der Waals surface area contributed by atoms with Gasteiger partial charge in [0.15, 0.2) is 0 Å². The highest BCUT2D eigenvalue weighted by atomic mass is 35.7. The van der Waals surface area contributed by atoms with Crippen molar-refractivity contribution in [3.8, 4) is 0 Å². The Hall–Kier alpha value is 0.757. The Labute approximate surface area is 80.2 Å². The van der Waals surface area contributed by atoms with Crippen LogP contribution in [0, 0.1) is 0 Å². The Morgan fingerprint density at radius 2 is 1.73 bits per heavy atom. The standard InChI is InChI=1S/C7H16Cl2OSi/c1-2-3-4-5-6-7-10-11(8)9/h11H,2-7H2,1H3. The van der Waals surface area contributed by atoms with Gasteiger partial charge in [-0.05, 0) is 6.42 Å². The summed E-state index contributed by atoms with van der Waals surface area (Å²) < 4.78 is 5.09. The molecule has 0 saturated heterocycles. The number of halogens is 2.